The summed E-state index contributed by atoms with van der Waals surface area (Å²) < 4.78 is 4.73. The second kappa shape index (κ2) is 9.73. The van der Waals surface area contributed by atoms with Crippen molar-refractivity contribution >= 4 is 17.4 Å². The van der Waals surface area contributed by atoms with Gasteiger partial charge >= 0.3 is 5.97 Å². The summed E-state index contributed by atoms with van der Waals surface area (Å²) in [6.07, 6.45) is 2.23. The number of methoxy groups -OCH3 is 1. The maximum absolute atomic E-state index is 11.6. The van der Waals surface area contributed by atoms with Crippen molar-refractivity contribution in [1.29, 1.82) is 0 Å². The Morgan fingerprint density at radius 2 is 1.85 bits per heavy atom. The van der Waals surface area contributed by atoms with E-state index in [1.165, 1.54) is 12.7 Å². The smallest absolute Gasteiger partial charge is 0.337 e. The standard InChI is InChI=1S/C21H27N3O2/c1-16(18-12-10-17(11-13-18)7-6-14-24(2)3)22-23-20-9-5-8-19(15-20)21(25)26-4/h5,8-13,15,23H,6-7,14H2,1-4H3/b22-16-. The van der Waals surface area contributed by atoms with Crippen LogP contribution in [0.2, 0.25) is 0 Å². The number of carbonyl (C=O) groups excluding carboxylic acids is 1. The molecule has 0 bridgehead atoms. The molecule has 2 rings (SSSR count). The van der Waals surface area contributed by atoms with Gasteiger partial charge in [0.2, 0.25) is 0 Å². The normalized spacial score (nSPS) is 11.5. The number of benzene rings is 2. The number of ether oxygens (including phenoxy) is 1. The molecule has 0 spiro atoms. The van der Waals surface area contributed by atoms with Crippen LogP contribution in [-0.4, -0.2) is 44.3 Å². The molecule has 0 fully saturated rings. The van der Waals surface area contributed by atoms with Gasteiger partial charge in [-0.2, -0.15) is 5.10 Å². The molecule has 5 heteroatoms. The van der Waals surface area contributed by atoms with Gasteiger partial charge in [0, 0.05) is 0 Å². The number of esters is 1. The highest BCUT2D eigenvalue weighted by atomic mass is 16.5. The number of carbonyl (C=O) groups is 1. The summed E-state index contributed by atoms with van der Waals surface area (Å²) in [5, 5.41) is 4.41. The molecule has 0 unspecified atom stereocenters. The summed E-state index contributed by atoms with van der Waals surface area (Å²) in [6, 6.07) is 15.6. The number of rotatable bonds is 8. The van der Waals surface area contributed by atoms with Crippen molar-refractivity contribution < 1.29 is 9.53 Å². The van der Waals surface area contributed by atoms with Crippen LogP contribution >= 0.6 is 0 Å². The second-order valence-corrected chi connectivity index (χ2v) is 6.49. The SMILES string of the molecule is COC(=O)c1cccc(N/N=C(/C)c2ccc(CCCN(C)C)cc2)c1. The third-order valence-corrected chi connectivity index (χ3v) is 4.08. The summed E-state index contributed by atoms with van der Waals surface area (Å²) in [6.45, 7) is 3.05. The van der Waals surface area contributed by atoms with E-state index in [1.54, 1.807) is 18.2 Å². The average Bonchev–Trinajstić information content (AvgIpc) is 2.66. The molecule has 0 heterocycles. The van der Waals surface area contributed by atoms with Crippen LogP contribution in [0.1, 0.15) is 34.8 Å². The number of hydrazone groups is 1. The number of hydrogen-bond donors (Lipinski definition) is 1. The summed E-state index contributed by atoms with van der Waals surface area (Å²) in [4.78, 5) is 13.8. The van der Waals surface area contributed by atoms with E-state index in [0.29, 0.717) is 5.56 Å². The first-order chi connectivity index (χ1) is 12.5. The average molecular weight is 353 g/mol. The maximum Gasteiger partial charge on any atom is 0.337 e. The predicted molar refractivity (Wildman–Crippen MR) is 107 cm³/mol. The van der Waals surface area contributed by atoms with E-state index in [2.05, 4.69) is 53.8 Å². The summed E-state index contributed by atoms with van der Waals surface area (Å²) >= 11 is 0. The lowest BCUT2D eigenvalue weighted by molar-refractivity contribution is 0.0601. The predicted octanol–water partition coefficient (Wildman–Crippen LogP) is 3.80. The Bertz CT molecular complexity index is 752. The van der Waals surface area contributed by atoms with Crippen LogP contribution in [0.3, 0.4) is 0 Å². The van der Waals surface area contributed by atoms with E-state index in [0.717, 1.165) is 36.3 Å². The van der Waals surface area contributed by atoms with Gasteiger partial charge in [0.05, 0.1) is 24.1 Å². The van der Waals surface area contributed by atoms with Gasteiger partial charge in [0.25, 0.3) is 0 Å². The fourth-order valence-corrected chi connectivity index (χ4v) is 2.56. The molecule has 5 nitrogen and oxygen atoms in total. The van der Waals surface area contributed by atoms with Gasteiger partial charge in [-0.25, -0.2) is 4.79 Å². The van der Waals surface area contributed by atoms with Crippen LogP contribution in [0, 0.1) is 0 Å². The lowest BCUT2D eigenvalue weighted by Crippen LogP contribution is -2.13. The summed E-state index contributed by atoms with van der Waals surface area (Å²) in [7, 11) is 5.56. The monoisotopic (exact) mass is 353 g/mol. The molecule has 0 saturated carbocycles. The molecular formula is C21H27N3O2. The minimum atomic E-state index is -0.362. The lowest BCUT2D eigenvalue weighted by Gasteiger charge is -2.09. The largest absolute Gasteiger partial charge is 0.465 e. The molecule has 0 aromatic heterocycles. The van der Waals surface area contributed by atoms with E-state index in [9.17, 15) is 4.79 Å². The lowest BCUT2D eigenvalue weighted by atomic mass is 10.1. The Labute approximate surface area is 155 Å². The molecule has 0 aliphatic heterocycles. The number of hydrogen-bond acceptors (Lipinski definition) is 5. The highest BCUT2D eigenvalue weighted by Crippen LogP contribution is 2.13. The van der Waals surface area contributed by atoms with Crippen LogP contribution in [0.4, 0.5) is 5.69 Å². The first kappa shape index (κ1) is 19.7. The van der Waals surface area contributed by atoms with Gasteiger partial charge in [0.1, 0.15) is 0 Å². The van der Waals surface area contributed by atoms with Gasteiger partial charge in [0.15, 0.2) is 0 Å². The minimum Gasteiger partial charge on any atom is -0.465 e. The van der Waals surface area contributed by atoms with Crippen LogP contribution in [0.5, 0.6) is 0 Å². The third kappa shape index (κ3) is 6.01. The zero-order valence-electron chi connectivity index (χ0n) is 16.0. The minimum absolute atomic E-state index is 0.362. The fourth-order valence-electron chi connectivity index (χ4n) is 2.56. The molecule has 0 aliphatic carbocycles. The molecule has 0 atom stereocenters. The topological polar surface area (TPSA) is 53.9 Å². The number of nitrogens with one attached hydrogen (secondary N) is 1. The van der Waals surface area contributed by atoms with Crippen LogP contribution in [0.25, 0.3) is 0 Å². The summed E-state index contributed by atoms with van der Waals surface area (Å²) in [5.74, 6) is -0.362. The zero-order valence-corrected chi connectivity index (χ0v) is 16.0. The van der Waals surface area contributed by atoms with E-state index in [1.807, 2.05) is 13.0 Å². The Hall–Kier alpha value is -2.66. The van der Waals surface area contributed by atoms with Gasteiger partial charge in [-0.1, -0.05) is 30.3 Å². The molecule has 138 valence electrons. The van der Waals surface area contributed by atoms with Crippen molar-refractivity contribution in [3.05, 3.63) is 65.2 Å². The van der Waals surface area contributed by atoms with Gasteiger partial charge in [-0.15, -0.1) is 0 Å². The first-order valence-corrected chi connectivity index (χ1v) is 8.72. The van der Waals surface area contributed by atoms with Crippen molar-refractivity contribution in [2.24, 2.45) is 5.10 Å². The van der Waals surface area contributed by atoms with Crippen molar-refractivity contribution in [3.8, 4) is 0 Å². The van der Waals surface area contributed by atoms with Gasteiger partial charge in [-0.3, -0.25) is 5.43 Å². The van der Waals surface area contributed by atoms with Crippen LogP contribution in [-0.2, 0) is 11.2 Å². The number of aryl methyl sites for hydroxylation is 1. The van der Waals surface area contributed by atoms with Crippen LogP contribution < -0.4 is 5.43 Å². The van der Waals surface area contributed by atoms with E-state index >= 15 is 0 Å². The Kier molecular flexibility index (Phi) is 7.36. The van der Waals surface area contributed by atoms with E-state index in [4.69, 9.17) is 4.74 Å². The highest BCUT2D eigenvalue weighted by molar-refractivity contribution is 5.99. The van der Waals surface area contributed by atoms with Gasteiger partial charge in [-0.05, 0) is 69.7 Å². The Balaban J connectivity index is 1.98. The second-order valence-electron chi connectivity index (χ2n) is 6.49. The fraction of sp³-hybridized carbons (Fsp3) is 0.333. The van der Waals surface area contributed by atoms with Crippen molar-refractivity contribution in [3.63, 3.8) is 0 Å². The molecule has 0 saturated heterocycles. The quantitative estimate of drug-likeness (QED) is 0.445. The molecule has 26 heavy (non-hydrogen) atoms. The molecule has 1 N–H and O–H groups in total. The highest BCUT2D eigenvalue weighted by Gasteiger charge is 2.05. The van der Waals surface area contributed by atoms with E-state index in [-0.39, 0.29) is 5.97 Å². The number of nitrogens with zero attached hydrogens (tertiary/aromatic N) is 2. The molecular weight excluding hydrogens is 326 g/mol. The Morgan fingerprint density at radius 3 is 2.50 bits per heavy atom. The van der Waals surface area contributed by atoms with E-state index < -0.39 is 0 Å². The molecule has 0 amide bonds. The Morgan fingerprint density at radius 1 is 1.12 bits per heavy atom. The number of anilines is 1. The third-order valence-electron chi connectivity index (χ3n) is 4.08. The zero-order chi connectivity index (χ0) is 18.9. The molecule has 2 aromatic carbocycles. The first-order valence-electron chi connectivity index (χ1n) is 8.72. The van der Waals surface area contributed by atoms with Gasteiger partial charge < -0.3 is 9.64 Å². The van der Waals surface area contributed by atoms with Crippen molar-refractivity contribution in [1.82, 2.24) is 4.90 Å². The summed E-state index contributed by atoms with van der Waals surface area (Å²) in [5.41, 5.74) is 7.52. The van der Waals surface area contributed by atoms with Crippen molar-refractivity contribution in [2.45, 2.75) is 19.8 Å². The molecule has 0 aliphatic rings. The molecule has 2 aromatic rings. The maximum atomic E-state index is 11.6. The van der Waals surface area contributed by atoms with Crippen LogP contribution in [0.15, 0.2) is 53.6 Å². The molecule has 0 radical (unpaired) electrons. The van der Waals surface area contributed by atoms with Crippen molar-refractivity contribution in [2.75, 3.05) is 33.2 Å².